The Morgan fingerprint density at radius 3 is 2.65 bits per heavy atom. The lowest BCUT2D eigenvalue weighted by atomic mass is 10.2. The van der Waals surface area contributed by atoms with Crippen molar-refractivity contribution >= 4 is 27.3 Å². The van der Waals surface area contributed by atoms with Crippen LogP contribution in [0.4, 0.5) is 0 Å². The van der Waals surface area contributed by atoms with Crippen molar-refractivity contribution in [3.05, 3.63) is 58.6 Å². The summed E-state index contributed by atoms with van der Waals surface area (Å²) in [5.74, 6) is -0.558. The second-order valence-corrected chi connectivity index (χ2v) is 6.28. The SMILES string of the molecule is O=c1[nH]c2ccc(S(=O)(=O)N/N=C/c3ccc(O)cc3)cc2o1. The van der Waals surface area contributed by atoms with Gasteiger partial charge in [-0.2, -0.15) is 13.5 Å². The highest BCUT2D eigenvalue weighted by Gasteiger charge is 2.14. The summed E-state index contributed by atoms with van der Waals surface area (Å²) in [5, 5.41) is 12.8. The molecule has 0 aliphatic carbocycles. The summed E-state index contributed by atoms with van der Waals surface area (Å²) in [7, 11) is -3.89. The molecule has 0 aliphatic heterocycles. The van der Waals surface area contributed by atoms with E-state index < -0.39 is 15.8 Å². The van der Waals surface area contributed by atoms with Crippen molar-refractivity contribution in [1.82, 2.24) is 9.82 Å². The molecule has 0 saturated carbocycles. The van der Waals surface area contributed by atoms with E-state index in [1.807, 2.05) is 0 Å². The highest BCUT2D eigenvalue weighted by atomic mass is 32.2. The minimum atomic E-state index is -3.89. The van der Waals surface area contributed by atoms with Crippen LogP contribution in [0.5, 0.6) is 5.75 Å². The zero-order chi connectivity index (χ0) is 16.4. The molecule has 2 aromatic carbocycles. The zero-order valence-corrected chi connectivity index (χ0v) is 12.4. The molecular weight excluding hydrogens is 322 g/mol. The number of rotatable bonds is 4. The van der Waals surface area contributed by atoms with Crippen LogP contribution in [0.1, 0.15) is 5.56 Å². The standard InChI is InChI=1S/C14H11N3O5S/c18-10-3-1-9(2-4-10)8-15-17-23(20,21)11-5-6-12-13(7-11)22-14(19)16-12/h1-8,17-18H,(H,16,19)/b15-8+. The maximum Gasteiger partial charge on any atom is 0.417 e. The minimum absolute atomic E-state index is 0.0874. The number of nitrogens with zero attached hydrogens (tertiary/aromatic N) is 1. The lowest BCUT2D eigenvalue weighted by molar-refractivity contribution is 0.475. The Kier molecular flexibility index (Phi) is 3.62. The van der Waals surface area contributed by atoms with Crippen molar-refractivity contribution in [3.8, 4) is 5.75 Å². The van der Waals surface area contributed by atoms with Gasteiger partial charge in [-0.15, -0.1) is 0 Å². The summed E-state index contributed by atoms with van der Waals surface area (Å²) in [6, 6.07) is 10.0. The normalized spacial score (nSPS) is 12.0. The summed E-state index contributed by atoms with van der Waals surface area (Å²) in [6.07, 6.45) is 1.30. The maximum atomic E-state index is 12.1. The Balaban J connectivity index is 1.82. The molecule has 3 aromatic rings. The fourth-order valence-electron chi connectivity index (χ4n) is 1.88. The molecule has 0 atom stereocenters. The van der Waals surface area contributed by atoms with Crippen LogP contribution in [-0.2, 0) is 10.0 Å². The number of sulfonamides is 1. The molecule has 0 saturated heterocycles. The molecule has 3 rings (SSSR count). The minimum Gasteiger partial charge on any atom is -0.508 e. The summed E-state index contributed by atoms with van der Waals surface area (Å²) in [6.45, 7) is 0. The van der Waals surface area contributed by atoms with E-state index in [9.17, 15) is 13.2 Å². The van der Waals surface area contributed by atoms with Gasteiger partial charge in [-0.05, 0) is 42.0 Å². The van der Waals surface area contributed by atoms with E-state index in [0.29, 0.717) is 11.1 Å². The number of benzene rings is 2. The first-order chi connectivity index (χ1) is 10.9. The first-order valence-corrected chi connectivity index (χ1v) is 7.89. The van der Waals surface area contributed by atoms with Crippen molar-refractivity contribution in [2.75, 3.05) is 0 Å². The van der Waals surface area contributed by atoms with Crippen LogP contribution >= 0.6 is 0 Å². The van der Waals surface area contributed by atoms with Crippen molar-refractivity contribution < 1.29 is 17.9 Å². The van der Waals surface area contributed by atoms with Crippen molar-refractivity contribution in [2.24, 2.45) is 5.10 Å². The molecule has 1 heterocycles. The summed E-state index contributed by atoms with van der Waals surface area (Å²) in [5.41, 5.74) is 1.15. The van der Waals surface area contributed by atoms with E-state index in [2.05, 4.69) is 14.9 Å². The smallest absolute Gasteiger partial charge is 0.417 e. The number of H-pyrrole nitrogens is 1. The molecule has 0 amide bonds. The molecule has 1 aromatic heterocycles. The number of aromatic hydroxyl groups is 1. The highest BCUT2D eigenvalue weighted by Crippen LogP contribution is 2.16. The van der Waals surface area contributed by atoms with Gasteiger partial charge in [0, 0.05) is 6.07 Å². The summed E-state index contributed by atoms with van der Waals surface area (Å²) in [4.78, 5) is 15.5. The second-order valence-electron chi connectivity index (χ2n) is 4.62. The first kappa shape index (κ1) is 14.9. The van der Waals surface area contributed by atoms with E-state index in [-0.39, 0.29) is 16.2 Å². The fraction of sp³-hybridized carbons (Fsp3) is 0. The van der Waals surface area contributed by atoms with E-state index >= 15 is 0 Å². The molecule has 118 valence electrons. The Hall–Kier alpha value is -3.07. The molecule has 0 bridgehead atoms. The van der Waals surface area contributed by atoms with Crippen LogP contribution < -0.4 is 10.6 Å². The number of aromatic amines is 1. The van der Waals surface area contributed by atoms with E-state index in [4.69, 9.17) is 9.52 Å². The van der Waals surface area contributed by atoms with Crippen LogP contribution in [0.3, 0.4) is 0 Å². The quantitative estimate of drug-likeness (QED) is 0.488. The number of hydrazone groups is 1. The lowest BCUT2D eigenvalue weighted by Crippen LogP contribution is -2.18. The van der Waals surface area contributed by atoms with E-state index in [0.717, 1.165) is 0 Å². The monoisotopic (exact) mass is 333 g/mol. The Morgan fingerprint density at radius 2 is 1.91 bits per heavy atom. The number of hydrogen-bond donors (Lipinski definition) is 3. The Labute approximate surface area is 130 Å². The lowest BCUT2D eigenvalue weighted by Gasteiger charge is -2.02. The van der Waals surface area contributed by atoms with Gasteiger partial charge in [0.1, 0.15) is 5.75 Å². The average Bonchev–Trinajstić information content (AvgIpc) is 2.88. The van der Waals surface area contributed by atoms with E-state index in [1.54, 1.807) is 12.1 Å². The maximum absolute atomic E-state index is 12.1. The van der Waals surface area contributed by atoms with Crippen LogP contribution in [-0.4, -0.2) is 24.7 Å². The summed E-state index contributed by atoms with van der Waals surface area (Å²) < 4.78 is 29.1. The second kappa shape index (κ2) is 5.61. The van der Waals surface area contributed by atoms with Gasteiger partial charge in [0.15, 0.2) is 5.58 Å². The molecular formula is C14H11N3O5S. The number of hydrogen-bond acceptors (Lipinski definition) is 6. The molecule has 0 unspecified atom stereocenters. The van der Waals surface area contributed by atoms with Gasteiger partial charge >= 0.3 is 5.76 Å². The number of oxazole rings is 1. The molecule has 0 fully saturated rings. The third-order valence-electron chi connectivity index (χ3n) is 2.98. The molecule has 9 heteroatoms. The number of phenolic OH excluding ortho intramolecular Hbond substituents is 1. The third-order valence-corrected chi connectivity index (χ3v) is 4.20. The van der Waals surface area contributed by atoms with Crippen LogP contribution in [0, 0.1) is 0 Å². The van der Waals surface area contributed by atoms with Crippen LogP contribution in [0.2, 0.25) is 0 Å². The number of aromatic nitrogens is 1. The molecule has 0 radical (unpaired) electrons. The van der Waals surface area contributed by atoms with Gasteiger partial charge in [-0.1, -0.05) is 0 Å². The topological polar surface area (TPSA) is 125 Å². The van der Waals surface area contributed by atoms with Gasteiger partial charge in [0.2, 0.25) is 0 Å². The van der Waals surface area contributed by atoms with Crippen molar-refractivity contribution in [3.63, 3.8) is 0 Å². The highest BCUT2D eigenvalue weighted by molar-refractivity contribution is 7.89. The van der Waals surface area contributed by atoms with Gasteiger partial charge in [-0.25, -0.2) is 9.63 Å². The van der Waals surface area contributed by atoms with Gasteiger partial charge in [-0.3, -0.25) is 4.98 Å². The third kappa shape index (κ3) is 3.24. The molecule has 3 N–H and O–H groups in total. The Bertz CT molecular complexity index is 1030. The number of fused-ring (bicyclic) bond motifs is 1. The largest absolute Gasteiger partial charge is 0.508 e. The summed E-state index contributed by atoms with van der Waals surface area (Å²) >= 11 is 0. The van der Waals surface area contributed by atoms with E-state index in [1.165, 1.54) is 36.5 Å². The predicted molar refractivity (Wildman–Crippen MR) is 82.9 cm³/mol. The van der Waals surface area contributed by atoms with Crippen LogP contribution in [0.25, 0.3) is 11.1 Å². The van der Waals surface area contributed by atoms with Crippen molar-refractivity contribution in [1.29, 1.82) is 0 Å². The zero-order valence-electron chi connectivity index (χ0n) is 11.6. The van der Waals surface area contributed by atoms with Gasteiger partial charge < -0.3 is 9.52 Å². The first-order valence-electron chi connectivity index (χ1n) is 6.41. The molecule has 0 spiro atoms. The number of nitrogens with one attached hydrogen (secondary N) is 2. The fourth-order valence-corrected chi connectivity index (χ4v) is 2.68. The molecule has 8 nitrogen and oxygen atoms in total. The molecule has 0 aliphatic rings. The van der Waals surface area contributed by atoms with Crippen molar-refractivity contribution in [2.45, 2.75) is 4.90 Å². The Morgan fingerprint density at radius 1 is 1.17 bits per heavy atom. The van der Waals surface area contributed by atoms with Gasteiger partial charge in [0.05, 0.1) is 16.6 Å². The van der Waals surface area contributed by atoms with Crippen LogP contribution in [0.15, 0.2) is 61.7 Å². The van der Waals surface area contributed by atoms with Gasteiger partial charge in [0.25, 0.3) is 10.0 Å². The number of phenols is 1. The predicted octanol–water partition coefficient (Wildman–Crippen LogP) is 1.14. The molecule has 23 heavy (non-hydrogen) atoms. The average molecular weight is 333 g/mol.